The van der Waals surface area contributed by atoms with E-state index in [-0.39, 0.29) is 17.4 Å². The van der Waals surface area contributed by atoms with Gasteiger partial charge >= 0.3 is 5.97 Å². The van der Waals surface area contributed by atoms with Gasteiger partial charge in [-0.15, -0.1) is 11.8 Å². The predicted octanol–water partition coefficient (Wildman–Crippen LogP) is 2.18. The summed E-state index contributed by atoms with van der Waals surface area (Å²) in [5.74, 6) is 0.190. The highest BCUT2D eigenvalue weighted by Crippen LogP contribution is 2.24. The third-order valence-corrected chi connectivity index (χ3v) is 4.37. The largest absolute Gasteiger partial charge is 0.494 e. The van der Waals surface area contributed by atoms with E-state index < -0.39 is 5.97 Å². The summed E-state index contributed by atoms with van der Waals surface area (Å²) in [6, 6.07) is 6.03. The second kappa shape index (κ2) is 8.08. The maximum absolute atomic E-state index is 12.1. The first-order valence-electron chi connectivity index (χ1n) is 7.42. The molecule has 120 valence electrons. The molecule has 5 nitrogen and oxygen atoms in total. The van der Waals surface area contributed by atoms with Crippen molar-refractivity contribution in [3.8, 4) is 5.75 Å². The number of rotatable bonds is 7. The zero-order valence-electron chi connectivity index (χ0n) is 12.7. The fourth-order valence-electron chi connectivity index (χ4n) is 2.37. The van der Waals surface area contributed by atoms with E-state index in [2.05, 4.69) is 13.0 Å². The number of carboxylic acid groups (broad SMARTS) is 1. The summed E-state index contributed by atoms with van der Waals surface area (Å²) in [5, 5.41) is 8.60. The average Bonchev–Trinajstić information content (AvgIpc) is 2.51. The number of ether oxygens (including phenoxy) is 1. The summed E-state index contributed by atoms with van der Waals surface area (Å²) in [6.45, 7) is 4.06. The van der Waals surface area contributed by atoms with Crippen LogP contribution < -0.4 is 4.74 Å². The van der Waals surface area contributed by atoms with Crippen LogP contribution in [0.4, 0.5) is 0 Å². The van der Waals surface area contributed by atoms with Gasteiger partial charge < -0.3 is 14.7 Å². The van der Waals surface area contributed by atoms with Gasteiger partial charge in [0.05, 0.1) is 18.1 Å². The number of thioether (sulfide) groups is 1. The minimum Gasteiger partial charge on any atom is -0.494 e. The lowest BCUT2D eigenvalue weighted by molar-refractivity contribution is -0.133. The Labute approximate surface area is 134 Å². The molecule has 0 bridgehead atoms. The molecule has 1 aromatic rings. The van der Waals surface area contributed by atoms with E-state index in [1.807, 2.05) is 12.1 Å². The van der Waals surface area contributed by atoms with Crippen LogP contribution in [-0.2, 0) is 22.6 Å². The van der Waals surface area contributed by atoms with Gasteiger partial charge in [-0.3, -0.25) is 9.59 Å². The Hall–Kier alpha value is -1.69. The van der Waals surface area contributed by atoms with Crippen molar-refractivity contribution in [3.05, 3.63) is 29.3 Å². The molecular formula is C16H21NO4S. The molecule has 1 amide bonds. The minimum absolute atomic E-state index is 0.00297. The normalized spacial score (nSPS) is 13.6. The van der Waals surface area contributed by atoms with Crippen molar-refractivity contribution >= 4 is 23.6 Å². The van der Waals surface area contributed by atoms with Gasteiger partial charge in [0.15, 0.2) is 0 Å². The zero-order valence-corrected chi connectivity index (χ0v) is 13.5. The van der Waals surface area contributed by atoms with E-state index in [9.17, 15) is 9.59 Å². The third-order valence-electron chi connectivity index (χ3n) is 3.47. The molecule has 0 aliphatic carbocycles. The maximum Gasteiger partial charge on any atom is 0.313 e. The summed E-state index contributed by atoms with van der Waals surface area (Å²) in [7, 11) is 0. The van der Waals surface area contributed by atoms with E-state index in [0.717, 1.165) is 35.9 Å². The van der Waals surface area contributed by atoms with E-state index in [1.165, 1.54) is 5.56 Å². The van der Waals surface area contributed by atoms with Crippen molar-refractivity contribution in [2.24, 2.45) is 0 Å². The van der Waals surface area contributed by atoms with Crippen LogP contribution in [0.25, 0.3) is 0 Å². The summed E-state index contributed by atoms with van der Waals surface area (Å²) in [5.41, 5.74) is 2.38. The Morgan fingerprint density at radius 2 is 2.14 bits per heavy atom. The quantitative estimate of drug-likeness (QED) is 0.833. The number of nitrogens with zero attached hydrogens (tertiary/aromatic N) is 1. The monoisotopic (exact) mass is 323 g/mol. The van der Waals surface area contributed by atoms with Crippen molar-refractivity contribution < 1.29 is 19.4 Å². The number of hydrogen-bond donors (Lipinski definition) is 1. The Bertz CT molecular complexity index is 547. The van der Waals surface area contributed by atoms with Gasteiger partial charge in [0.25, 0.3) is 0 Å². The fourth-order valence-corrected chi connectivity index (χ4v) is 3.00. The number of carboxylic acids is 1. The molecule has 0 spiro atoms. The van der Waals surface area contributed by atoms with Gasteiger partial charge in [-0.2, -0.15) is 0 Å². The van der Waals surface area contributed by atoms with Crippen molar-refractivity contribution in [1.82, 2.24) is 4.90 Å². The lowest BCUT2D eigenvalue weighted by atomic mass is 9.99. The highest BCUT2D eigenvalue weighted by molar-refractivity contribution is 8.00. The molecule has 1 heterocycles. The molecule has 1 aliphatic heterocycles. The van der Waals surface area contributed by atoms with Crippen LogP contribution in [0.2, 0.25) is 0 Å². The number of amides is 1. The van der Waals surface area contributed by atoms with E-state index in [1.54, 1.807) is 4.90 Å². The van der Waals surface area contributed by atoms with Gasteiger partial charge in [-0.25, -0.2) is 0 Å². The van der Waals surface area contributed by atoms with Crippen molar-refractivity contribution in [3.63, 3.8) is 0 Å². The molecule has 22 heavy (non-hydrogen) atoms. The summed E-state index contributed by atoms with van der Waals surface area (Å²) >= 11 is 1.15. The fraction of sp³-hybridized carbons (Fsp3) is 0.500. The molecule has 0 atom stereocenters. The van der Waals surface area contributed by atoms with E-state index in [0.29, 0.717) is 19.7 Å². The van der Waals surface area contributed by atoms with Crippen LogP contribution in [0.3, 0.4) is 0 Å². The smallest absolute Gasteiger partial charge is 0.313 e. The van der Waals surface area contributed by atoms with Crippen LogP contribution >= 0.6 is 11.8 Å². The summed E-state index contributed by atoms with van der Waals surface area (Å²) < 4.78 is 5.63. The molecule has 1 N–H and O–H groups in total. The molecule has 0 unspecified atom stereocenters. The molecule has 1 aromatic carbocycles. The minimum atomic E-state index is -0.888. The van der Waals surface area contributed by atoms with Gasteiger partial charge in [0.2, 0.25) is 5.91 Å². The number of carbonyl (C=O) groups excluding carboxylic acids is 1. The SMILES string of the molecule is CCCOc1ccc2c(c1)CCN(C(=O)CSCC(=O)O)C2. The lowest BCUT2D eigenvalue weighted by Crippen LogP contribution is -2.37. The molecular weight excluding hydrogens is 302 g/mol. The standard InChI is InChI=1S/C16H21NO4S/c1-2-7-21-14-4-3-13-9-17(6-5-12(13)8-14)15(18)10-22-11-16(19)20/h3-4,8H,2,5-7,9-11H2,1H3,(H,19,20). The van der Waals surface area contributed by atoms with E-state index >= 15 is 0 Å². The Morgan fingerprint density at radius 1 is 1.32 bits per heavy atom. The number of hydrogen-bond acceptors (Lipinski definition) is 4. The Morgan fingerprint density at radius 3 is 2.86 bits per heavy atom. The van der Waals surface area contributed by atoms with Crippen LogP contribution in [0.15, 0.2) is 18.2 Å². The second-order valence-corrected chi connectivity index (χ2v) is 6.22. The van der Waals surface area contributed by atoms with Crippen molar-refractivity contribution in [1.29, 1.82) is 0 Å². The first-order chi connectivity index (χ1) is 10.6. The maximum atomic E-state index is 12.1. The topological polar surface area (TPSA) is 66.8 Å². The average molecular weight is 323 g/mol. The molecule has 1 aliphatic rings. The van der Waals surface area contributed by atoms with Crippen molar-refractivity contribution in [2.75, 3.05) is 24.7 Å². The van der Waals surface area contributed by atoms with Gasteiger partial charge in [-0.05, 0) is 36.1 Å². The molecule has 0 aromatic heterocycles. The highest BCUT2D eigenvalue weighted by Gasteiger charge is 2.21. The number of aliphatic carboxylic acids is 1. The van der Waals surface area contributed by atoms with Crippen LogP contribution in [0, 0.1) is 0 Å². The first-order valence-corrected chi connectivity index (χ1v) is 8.57. The van der Waals surface area contributed by atoms with Crippen molar-refractivity contribution in [2.45, 2.75) is 26.3 Å². The Balaban J connectivity index is 1.91. The van der Waals surface area contributed by atoms with Gasteiger partial charge in [-0.1, -0.05) is 13.0 Å². The molecule has 0 saturated carbocycles. The zero-order chi connectivity index (χ0) is 15.9. The summed E-state index contributed by atoms with van der Waals surface area (Å²) in [6.07, 6.45) is 1.79. The number of fused-ring (bicyclic) bond motifs is 1. The number of benzene rings is 1. The third kappa shape index (κ3) is 4.66. The highest BCUT2D eigenvalue weighted by atomic mass is 32.2. The number of carbonyl (C=O) groups is 2. The molecule has 0 saturated heterocycles. The van der Waals surface area contributed by atoms with Crippen LogP contribution in [0.5, 0.6) is 5.75 Å². The Kier molecular flexibility index (Phi) is 6.12. The predicted molar refractivity (Wildman–Crippen MR) is 86.3 cm³/mol. The van der Waals surface area contributed by atoms with Gasteiger partial charge in [0, 0.05) is 13.1 Å². The molecule has 0 fully saturated rings. The lowest BCUT2D eigenvalue weighted by Gasteiger charge is -2.29. The molecule has 0 radical (unpaired) electrons. The summed E-state index contributed by atoms with van der Waals surface area (Å²) in [4.78, 5) is 24.4. The first kappa shape index (κ1) is 16.7. The second-order valence-electron chi connectivity index (χ2n) is 5.23. The molecule has 2 rings (SSSR count). The molecule has 6 heteroatoms. The van der Waals surface area contributed by atoms with E-state index in [4.69, 9.17) is 9.84 Å². The van der Waals surface area contributed by atoms with Gasteiger partial charge in [0.1, 0.15) is 5.75 Å². The van der Waals surface area contributed by atoms with Crippen LogP contribution in [-0.4, -0.2) is 46.5 Å². The van der Waals surface area contributed by atoms with Crippen LogP contribution in [0.1, 0.15) is 24.5 Å².